The van der Waals surface area contributed by atoms with Gasteiger partial charge in [0.25, 0.3) is 0 Å². The Balaban J connectivity index is 1.91. The molecule has 0 bridgehead atoms. The molecule has 0 N–H and O–H groups in total. The molecule has 3 aromatic rings. The zero-order valence-corrected chi connectivity index (χ0v) is 44.9. The summed E-state index contributed by atoms with van der Waals surface area (Å²) in [5.41, 5.74) is 3.65. The number of hydrogen-bond acceptors (Lipinski definition) is 15. The Morgan fingerprint density at radius 1 is 0.276 bits per heavy atom. The number of unbranched alkanes of at least 4 members (excludes halogenated alkanes) is 6. The van der Waals surface area contributed by atoms with Gasteiger partial charge < -0.3 is 42.6 Å². The van der Waals surface area contributed by atoms with E-state index >= 15 is 0 Å². The molecule has 0 atom stereocenters. The number of hydrogen-bond donors (Lipinski definition) is 0. The first-order valence-electron chi connectivity index (χ1n) is 26.4. The molecular weight excluding hydrogens is 973 g/mol. The minimum absolute atomic E-state index is 0.323. The molecule has 0 radical (unpaired) electrons. The lowest BCUT2D eigenvalue weighted by atomic mass is 10.1. The molecule has 0 saturated heterocycles. The van der Waals surface area contributed by atoms with Crippen LogP contribution in [0.25, 0.3) is 24.3 Å². The van der Waals surface area contributed by atoms with Crippen molar-refractivity contribution in [2.75, 3.05) is 99.1 Å². The van der Waals surface area contributed by atoms with Gasteiger partial charge in [0, 0.05) is 11.1 Å². The van der Waals surface area contributed by atoms with Gasteiger partial charge in [0.1, 0.15) is 19.8 Å². The van der Waals surface area contributed by atoms with Crippen LogP contribution >= 0.6 is 0 Å². The van der Waals surface area contributed by atoms with E-state index in [2.05, 4.69) is 69.8 Å². The lowest BCUT2D eigenvalue weighted by Gasteiger charge is -2.19. The third kappa shape index (κ3) is 29.0. The summed E-state index contributed by atoms with van der Waals surface area (Å²) in [6.45, 7) is 28.4. The van der Waals surface area contributed by atoms with Crippen molar-refractivity contribution in [1.29, 1.82) is 0 Å². The molecule has 418 valence electrons. The van der Waals surface area contributed by atoms with E-state index < -0.39 is 0 Å². The average Bonchev–Trinajstić information content (AvgIpc) is 3.44. The van der Waals surface area contributed by atoms with E-state index in [0.717, 1.165) is 92.9 Å². The van der Waals surface area contributed by atoms with Crippen LogP contribution in [0, 0.1) is 0 Å². The fraction of sp³-hybridized carbons (Fsp3) is 0.443. The summed E-state index contributed by atoms with van der Waals surface area (Å²) in [6.07, 6.45) is 26.5. The fourth-order valence-electron chi connectivity index (χ4n) is 6.70. The molecule has 15 nitrogen and oxygen atoms in total. The van der Waals surface area contributed by atoms with Gasteiger partial charge in [0.05, 0.1) is 98.1 Å². The summed E-state index contributed by atoms with van der Waals surface area (Å²) >= 11 is 0. The van der Waals surface area contributed by atoms with Crippen LogP contribution in [0.3, 0.4) is 0 Å². The van der Waals surface area contributed by atoms with Crippen molar-refractivity contribution in [3.8, 4) is 34.5 Å². The van der Waals surface area contributed by atoms with Crippen molar-refractivity contribution in [3.63, 3.8) is 0 Å². The Hall–Kier alpha value is -6.46. The maximum Gasteiger partial charge on any atom is 0.204 e. The number of rotatable bonds is 52. The van der Waals surface area contributed by atoms with Crippen LogP contribution in [0.4, 0.5) is 0 Å². The molecule has 15 heteroatoms. The highest BCUT2D eigenvalue weighted by Gasteiger charge is 2.19. The Kier molecular flexibility index (Phi) is 37.6. The highest BCUT2D eigenvalue weighted by molar-refractivity contribution is 5.78. The van der Waals surface area contributed by atoms with Gasteiger partial charge in [-0.1, -0.05) is 86.5 Å². The second-order valence-electron chi connectivity index (χ2n) is 16.6. The van der Waals surface area contributed by atoms with Crippen molar-refractivity contribution in [1.82, 2.24) is 0 Å². The van der Waals surface area contributed by atoms with Crippen LogP contribution in [0.1, 0.15) is 99.3 Å². The first-order chi connectivity index (χ1) is 37.6. The summed E-state index contributed by atoms with van der Waals surface area (Å²) in [7, 11) is 0. The molecular formula is C61H84O15. The van der Waals surface area contributed by atoms with Crippen molar-refractivity contribution in [2.24, 2.45) is 0 Å². The molecule has 0 spiro atoms. The lowest BCUT2D eigenvalue weighted by Crippen LogP contribution is -2.08. The standard InChI is InChI=1S/C61H84O15/c1-7-37-71-74-49-22-19-44-66-57-36-34-54(58(67-45-17-14-41-63-11-5)61(57)70-48-21-24-51-76-73-39-9-3)31-29-52-25-27-53(28-26-52)30-32-55-33-35-56(65-43-16-13-40-62-10-4)60(69-47-18-15-42-64-12-6)59(55)68-46-20-23-50-75-72-38-8-2/h7-12,25-36H,1-6,13-24,37-51H2/b31-29+,32-30+. The summed E-state index contributed by atoms with van der Waals surface area (Å²) < 4.78 is 54.6. The highest BCUT2D eigenvalue weighted by Crippen LogP contribution is 2.43. The molecule has 0 amide bonds. The Morgan fingerprint density at radius 2 is 0.566 bits per heavy atom. The van der Waals surface area contributed by atoms with Crippen molar-refractivity contribution >= 4 is 24.3 Å². The van der Waals surface area contributed by atoms with E-state index in [9.17, 15) is 0 Å². The van der Waals surface area contributed by atoms with Gasteiger partial charge in [-0.2, -0.15) is 0 Å². The van der Waals surface area contributed by atoms with E-state index in [1.54, 1.807) is 18.2 Å². The topological polar surface area (TPSA) is 138 Å². The lowest BCUT2D eigenvalue weighted by molar-refractivity contribution is -0.286. The number of ether oxygens (including phenoxy) is 9. The highest BCUT2D eigenvalue weighted by atomic mass is 17.2. The summed E-state index contributed by atoms with van der Waals surface area (Å²) in [5.74, 6) is 3.46. The predicted molar refractivity (Wildman–Crippen MR) is 300 cm³/mol. The van der Waals surface area contributed by atoms with E-state index in [-0.39, 0.29) is 0 Å². The van der Waals surface area contributed by atoms with E-state index in [0.29, 0.717) is 140 Å². The molecule has 0 fully saturated rings. The zero-order valence-electron chi connectivity index (χ0n) is 44.9. The van der Waals surface area contributed by atoms with Crippen LogP contribution in [0.15, 0.2) is 125 Å². The molecule has 0 aliphatic carbocycles. The molecule has 0 saturated carbocycles. The van der Waals surface area contributed by atoms with Crippen LogP contribution < -0.4 is 28.4 Å². The normalized spacial score (nSPS) is 11.0. The van der Waals surface area contributed by atoms with E-state index in [4.69, 9.17) is 72.0 Å². The van der Waals surface area contributed by atoms with Gasteiger partial charge in [-0.3, -0.25) is 0 Å². The minimum atomic E-state index is 0.323. The van der Waals surface area contributed by atoms with Crippen LogP contribution in [0.2, 0.25) is 0 Å². The van der Waals surface area contributed by atoms with Crippen LogP contribution in [0.5, 0.6) is 34.5 Å². The van der Waals surface area contributed by atoms with Crippen molar-refractivity contribution in [2.45, 2.75) is 77.0 Å². The monoisotopic (exact) mass is 1060 g/mol. The first kappa shape index (κ1) is 63.8. The predicted octanol–water partition coefficient (Wildman–Crippen LogP) is 13.9. The minimum Gasteiger partial charge on any atom is -0.502 e. The SMILES string of the molecule is C=CCOOCCCCOc1ccc(/C=C/c2ccc(/C=C/c3ccc(OCCCCOC=C)c(OCCCCOC=C)c3OCCCCOOCC=C)cc2)c(OCCCCOC=C)c1OCCCCOOCC=C. The van der Waals surface area contributed by atoms with E-state index in [1.165, 1.54) is 18.8 Å². The van der Waals surface area contributed by atoms with Crippen LogP contribution in [-0.2, 0) is 43.5 Å². The molecule has 0 heterocycles. The van der Waals surface area contributed by atoms with Gasteiger partial charge in [0.2, 0.25) is 11.5 Å². The number of benzene rings is 3. The zero-order chi connectivity index (χ0) is 54.2. The summed E-state index contributed by atoms with van der Waals surface area (Å²) in [6, 6.07) is 16.1. The largest absolute Gasteiger partial charge is 0.502 e. The third-order valence-electron chi connectivity index (χ3n) is 10.6. The second-order valence-corrected chi connectivity index (χ2v) is 16.6. The molecule has 0 unspecified atom stereocenters. The van der Waals surface area contributed by atoms with Gasteiger partial charge >= 0.3 is 0 Å². The van der Waals surface area contributed by atoms with Gasteiger partial charge in [0.15, 0.2) is 23.0 Å². The summed E-state index contributed by atoms with van der Waals surface area (Å²) in [4.78, 5) is 30.9. The Labute approximate surface area is 452 Å². The molecule has 3 rings (SSSR count). The maximum atomic E-state index is 6.53. The summed E-state index contributed by atoms with van der Waals surface area (Å²) in [5, 5.41) is 0. The van der Waals surface area contributed by atoms with Gasteiger partial charge in [-0.05, 0) is 112 Å². The van der Waals surface area contributed by atoms with Gasteiger partial charge in [-0.25, -0.2) is 29.3 Å². The van der Waals surface area contributed by atoms with Gasteiger partial charge in [-0.15, -0.1) is 19.7 Å². The Morgan fingerprint density at radius 3 is 0.882 bits per heavy atom. The van der Waals surface area contributed by atoms with E-state index in [1.807, 2.05) is 42.5 Å². The molecule has 0 aliphatic heterocycles. The molecule has 0 aliphatic rings. The van der Waals surface area contributed by atoms with Crippen molar-refractivity contribution in [3.05, 3.63) is 147 Å². The Bertz CT molecular complexity index is 2080. The van der Waals surface area contributed by atoms with Crippen molar-refractivity contribution < 1.29 is 72.0 Å². The van der Waals surface area contributed by atoms with Crippen LogP contribution in [-0.4, -0.2) is 99.1 Å². The smallest absolute Gasteiger partial charge is 0.204 e. The molecule has 3 aromatic carbocycles. The first-order valence-corrected chi connectivity index (χ1v) is 26.4. The quantitative estimate of drug-likeness (QED) is 0.0132. The molecule has 76 heavy (non-hydrogen) atoms. The fourth-order valence-corrected chi connectivity index (χ4v) is 6.70. The second kappa shape index (κ2) is 44.8. The third-order valence-corrected chi connectivity index (χ3v) is 10.6. The average molecular weight is 1060 g/mol. The maximum absolute atomic E-state index is 6.53. The molecule has 0 aromatic heterocycles.